The molecule has 2 aromatic carbocycles. The number of rotatable bonds is 8. The summed E-state index contributed by atoms with van der Waals surface area (Å²) in [7, 11) is -1.17. The van der Waals surface area contributed by atoms with Crippen LogP contribution < -0.4 is 0 Å². The Bertz CT molecular complexity index is 1730. The molecule has 0 atom stereocenters. The van der Waals surface area contributed by atoms with Gasteiger partial charge in [-0.1, -0.05) is 37.8 Å². The number of fused-ring (bicyclic) bond motifs is 2. The van der Waals surface area contributed by atoms with Crippen molar-refractivity contribution in [3.8, 4) is 33.8 Å². The van der Waals surface area contributed by atoms with Crippen LogP contribution in [0.2, 0.25) is 25.7 Å². The number of pyridine rings is 2. The molecule has 39 heavy (non-hydrogen) atoms. The molecule has 0 saturated heterocycles. The molecule has 0 unspecified atom stereocenters. The molecular weight excluding hydrogens is 500 g/mol. The van der Waals surface area contributed by atoms with Gasteiger partial charge in [-0.25, -0.2) is 9.67 Å². The van der Waals surface area contributed by atoms with Crippen LogP contribution in [-0.2, 0) is 11.5 Å². The van der Waals surface area contributed by atoms with Crippen molar-refractivity contribution in [1.82, 2.24) is 29.7 Å². The monoisotopic (exact) mass is 532 g/mol. The average molecular weight is 533 g/mol. The molecule has 0 amide bonds. The van der Waals surface area contributed by atoms with Crippen LogP contribution in [0.15, 0.2) is 79.4 Å². The van der Waals surface area contributed by atoms with Gasteiger partial charge in [0.15, 0.2) is 5.82 Å². The van der Waals surface area contributed by atoms with Crippen LogP contribution in [0.3, 0.4) is 0 Å². The molecule has 7 nitrogen and oxygen atoms in total. The summed E-state index contributed by atoms with van der Waals surface area (Å²) in [5.41, 5.74) is 9.27. The fourth-order valence-electron chi connectivity index (χ4n) is 4.85. The first kappa shape index (κ1) is 25.2. The van der Waals surface area contributed by atoms with Crippen molar-refractivity contribution in [3.05, 3.63) is 84.9 Å². The Morgan fingerprint density at radius 2 is 1.67 bits per heavy atom. The zero-order chi connectivity index (χ0) is 27.0. The second-order valence-corrected chi connectivity index (χ2v) is 16.7. The summed E-state index contributed by atoms with van der Waals surface area (Å²) in [5, 5.41) is 6.02. The van der Waals surface area contributed by atoms with E-state index in [0.29, 0.717) is 6.73 Å². The quantitative estimate of drug-likeness (QED) is 0.164. The number of imidazole rings is 1. The second-order valence-electron chi connectivity index (χ2n) is 11.1. The highest BCUT2D eigenvalue weighted by atomic mass is 28.3. The third-order valence-corrected chi connectivity index (χ3v) is 8.80. The van der Waals surface area contributed by atoms with Crippen LogP contribution in [-0.4, -0.2) is 44.4 Å². The van der Waals surface area contributed by atoms with Crippen LogP contribution in [0.5, 0.6) is 0 Å². The molecule has 0 saturated carbocycles. The molecule has 0 radical (unpaired) electrons. The predicted octanol–water partition coefficient (Wildman–Crippen LogP) is 7.32. The summed E-state index contributed by atoms with van der Waals surface area (Å²) in [6.45, 7) is 10.4. The summed E-state index contributed by atoms with van der Waals surface area (Å²) >= 11 is 0. The Hall–Kier alpha value is -4.14. The minimum Gasteiger partial charge on any atom is -0.360 e. The first-order valence-electron chi connectivity index (χ1n) is 13.3. The Morgan fingerprint density at radius 3 is 2.44 bits per heavy atom. The maximum atomic E-state index is 6.10. The lowest BCUT2D eigenvalue weighted by molar-refractivity contribution is 0.0818. The van der Waals surface area contributed by atoms with Gasteiger partial charge in [-0.3, -0.25) is 9.97 Å². The highest BCUT2D eigenvalue weighted by Gasteiger charge is 2.19. The molecule has 4 heterocycles. The number of benzene rings is 2. The van der Waals surface area contributed by atoms with Gasteiger partial charge in [-0.05, 0) is 66.1 Å². The molecular formula is C31H32N6OSi. The van der Waals surface area contributed by atoms with Crippen molar-refractivity contribution in [2.75, 3.05) is 6.61 Å². The topological polar surface area (TPSA) is 81.5 Å². The number of nitrogens with one attached hydrogen (secondary N) is 1. The van der Waals surface area contributed by atoms with E-state index in [1.54, 1.807) is 0 Å². The third-order valence-electron chi connectivity index (χ3n) is 7.09. The standard InChI is InChI=1S/C31H32N6OSi/c1-21-25(22-11-13-32-14-12-22)18-33-19-26(21)23-9-10-29-24(17-23)30(31-34-27-7-5-6-8-28(27)35-31)36-37(29)20-38-15-16-39(2,3)4/h5-14,17-19H,15-16,20H2,1-4H3,(H,34,35). The fraction of sp³-hybridized carbons (Fsp3) is 0.226. The Labute approximate surface area is 228 Å². The van der Waals surface area contributed by atoms with Crippen LogP contribution in [0, 0.1) is 6.92 Å². The van der Waals surface area contributed by atoms with Gasteiger partial charge in [-0.2, -0.15) is 5.10 Å². The highest BCUT2D eigenvalue weighted by Crippen LogP contribution is 2.35. The van der Waals surface area contributed by atoms with E-state index in [-0.39, 0.29) is 0 Å². The third kappa shape index (κ3) is 5.13. The first-order valence-corrected chi connectivity index (χ1v) is 17.0. The number of ether oxygens (including phenoxy) is 1. The normalized spacial score (nSPS) is 12.0. The van der Waals surface area contributed by atoms with E-state index >= 15 is 0 Å². The van der Waals surface area contributed by atoms with Gasteiger partial charge in [0, 0.05) is 56.0 Å². The molecule has 0 bridgehead atoms. The molecule has 6 aromatic rings. The molecule has 0 aliphatic carbocycles. The second kappa shape index (κ2) is 10.2. The van der Waals surface area contributed by atoms with E-state index in [1.165, 1.54) is 5.56 Å². The zero-order valence-electron chi connectivity index (χ0n) is 22.8. The number of nitrogens with zero attached hydrogens (tertiary/aromatic N) is 5. The molecule has 0 fully saturated rings. The number of hydrogen-bond acceptors (Lipinski definition) is 5. The van der Waals surface area contributed by atoms with Crippen molar-refractivity contribution in [2.24, 2.45) is 0 Å². The average Bonchev–Trinajstić information content (AvgIpc) is 3.52. The zero-order valence-corrected chi connectivity index (χ0v) is 23.8. The number of aromatic nitrogens is 6. The van der Waals surface area contributed by atoms with Gasteiger partial charge in [0.25, 0.3) is 0 Å². The SMILES string of the molecule is Cc1c(-c2ccncc2)cncc1-c1ccc2c(c1)c(-c1nc3ccccc3[nH]1)nn2COCC[Si](C)(C)C. The summed E-state index contributed by atoms with van der Waals surface area (Å²) in [4.78, 5) is 17.1. The van der Waals surface area contributed by atoms with Crippen LogP contribution in [0.25, 0.3) is 55.7 Å². The molecule has 0 aliphatic rings. The van der Waals surface area contributed by atoms with Gasteiger partial charge in [0.05, 0.1) is 16.6 Å². The lowest BCUT2D eigenvalue weighted by atomic mass is 9.95. The van der Waals surface area contributed by atoms with Crippen molar-refractivity contribution < 1.29 is 4.74 Å². The fourth-order valence-corrected chi connectivity index (χ4v) is 5.61. The Kier molecular flexibility index (Phi) is 6.58. The minimum atomic E-state index is -1.17. The van der Waals surface area contributed by atoms with Gasteiger partial charge in [0.1, 0.15) is 12.4 Å². The predicted molar refractivity (Wildman–Crippen MR) is 160 cm³/mol. The van der Waals surface area contributed by atoms with Gasteiger partial charge in [-0.15, -0.1) is 0 Å². The van der Waals surface area contributed by atoms with E-state index in [4.69, 9.17) is 14.8 Å². The largest absolute Gasteiger partial charge is 0.360 e. The van der Waals surface area contributed by atoms with Crippen molar-refractivity contribution >= 4 is 30.0 Å². The van der Waals surface area contributed by atoms with Crippen molar-refractivity contribution in [2.45, 2.75) is 39.3 Å². The van der Waals surface area contributed by atoms with Crippen LogP contribution >= 0.6 is 0 Å². The Morgan fingerprint density at radius 1 is 0.897 bits per heavy atom. The summed E-state index contributed by atoms with van der Waals surface area (Å²) in [6.07, 6.45) is 7.48. The molecule has 0 aliphatic heterocycles. The van der Waals surface area contributed by atoms with Gasteiger partial charge in [0.2, 0.25) is 0 Å². The molecule has 0 spiro atoms. The first-order chi connectivity index (χ1) is 18.9. The Balaban J connectivity index is 1.44. The maximum Gasteiger partial charge on any atom is 0.159 e. The molecule has 1 N–H and O–H groups in total. The van der Waals surface area contributed by atoms with Gasteiger partial charge >= 0.3 is 0 Å². The summed E-state index contributed by atoms with van der Waals surface area (Å²) in [5.74, 6) is 0.750. The molecule has 196 valence electrons. The van der Waals surface area contributed by atoms with E-state index in [1.807, 2.05) is 65.9 Å². The number of aromatic amines is 1. The van der Waals surface area contributed by atoms with E-state index in [2.05, 4.69) is 59.7 Å². The van der Waals surface area contributed by atoms with E-state index in [9.17, 15) is 0 Å². The van der Waals surface area contributed by atoms with Crippen LogP contribution in [0.1, 0.15) is 5.56 Å². The van der Waals surface area contributed by atoms with Crippen LogP contribution in [0.4, 0.5) is 0 Å². The van der Waals surface area contributed by atoms with Crippen molar-refractivity contribution in [3.63, 3.8) is 0 Å². The lowest BCUT2D eigenvalue weighted by Gasteiger charge is -2.15. The summed E-state index contributed by atoms with van der Waals surface area (Å²) < 4.78 is 8.05. The number of H-pyrrole nitrogens is 1. The lowest BCUT2D eigenvalue weighted by Crippen LogP contribution is -2.22. The smallest absolute Gasteiger partial charge is 0.159 e. The van der Waals surface area contributed by atoms with E-state index in [0.717, 1.165) is 68.4 Å². The number of para-hydroxylation sites is 2. The molecule has 4 aromatic heterocycles. The van der Waals surface area contributed by atoms with Crippen molar-refractivity contribution in [1.29, 1.82) is 0 Å². The molecule has 8 heteroatoms. The maximum absolute atomic E-state index is 6.10. The van der Waals surface area contributed by atoms with E-state index < -0.39 is 8.07 Å². The number of hydrogen-bond donors (Lipinski definition) is 1. The van der Waals surface area contributed by atoms with Gasteiger partial charge < -0.3 is 9.72 Å². The molecule has 6 rings (SSSR count). The summed E-state index contributed by atoms with van der Waals surface area (Å²) in [6, 6.07) is 19.7. The minimum absolute atomic E-state index is 0.401. The highest BCUT2D eigenvalue weighted by molar-refractivity contribution is 6.76.